The zero-order valence-electron chi connectivity index (χ0n) is 11.5. The Hall–Kier alpha value is -1.85. The maximum atomic E-state index is 13.1. The molecule has 0 heterocycles. The Morgan fingerprint density at radius 1 is 1.00 bits per heavy atom. The first-order valence-corrected chi connectivity index (χ1v) is 6.59. The van der Waals surface area contributed by atoms with E-state index in [-0.39, 0.29) is 24.0 Å². The van der Waals surface area contributed by atoms with E-state index in [1.54, 1.807) is 12.1 Å². The van der Waals surface area contributed by atoms with Crippen molar-refractivity contribution in [2.45, 2.75) is 19.1 Å². The van der Waals surface area contributed by atoms with Crippen molar-refractivity contribution in [3.05, 3.63) is 71.0 Å². The van der Waals surface area contributed by atoms with Crippen molar-refractivity contribution >= 4 is 0 Å². The number of halogens is 3. The number of nitrogens with one attached hydrogen (secondary N) is 1. The van der Waals surface area contributed by atoms with Crippen LogP contribution in [0.4, 0.5) is 13.2 Å². The van der Waals surface area contributed by atoms with E-state index in [1.165, 1.54) is 18.2 Å². The standard InChI is InChI=1S/C16H16F3NO/c1-10(11-3-2-4-13(17)7-11)20-9-16(21)12-5-6-14(18)15(19)8-12/h2-8,10,16,20-21H,9H2,1H3/t10-,16?/m1/s1. The van der Waals surface area contributed by atoms with Crippen LogP contribution in [0.3, 0.4) is 0 Å². The van der Waals surface area contributed by atoms with E-state index < -0.39 is 17.7 Å². The van der Waals surface area contributed by atoms with Gasteiger partial charge in [0.25, 0.3) is 0 Å². The molecule has 0 aliphatic heterocycles. The second-order valence-corrected chi connectivity index (χ2v) is 4.87. The first-order valence-electron chi connectivity index (χ1n) is 6.59. The predicted molar refractivity (Wildman–Crippen MR) is 74.1 cm³/mol. The van der Waals surface area contributed by atoms with Crippen LogP contribution < -0.4 is 5.32 Å². The first kappa shape index (κ1) is 15.5. The van der Waals surface area contributed by atoms with E-state index in [4.69, 9.17) is 0 Å². The summed E-state index contributed by atoms with van der Waals surface area (Å²) in [5.41, 5.74) is 1.03. The smallest absolute Gasteiger partial charge is 0.159 e. The van der Waals surface area contributed by atoms with Gasteiger partial charge in [0.15, 0.2) is 11.6 Å². The summed E-state index contributed by atoms with van der Waals surface area (Å²) >= 11 is 0. The molecule has 0 saturated heterocycles. The Morgan fingerprint density at radius 2 is 1.76 bits per heavy atom. The summed E-state index contributed by atoms with van der Waals surface area (Å²) in [7, 11) is 0. The maximum absolute atomic E-state index is 13.1. The average molecular weight is 295 g/mol. The van der Waals surface area contributed by atoms with Crippen LogP contribution in [0.5, 0.6) is 0 Å². The number of rotatable bonds is 5. The van der Waals surface area contributed by atoms with Crippen LogP contribution >= 0.6 is 0 Å². The highest BCUT2D eigenvalue weighted by atomic mass is 19.2. The van der Waals surface area contributed by atoms with Gasteiger partial charge in [-0.1, -0.05) is 18.2 Å². The van der Waals surface area contributed by atoms with Crippen molar-refractivity contribution in [2.24, 2.45) is 0 Å². The molecular weight excluding hydrogens is 279 g/mol. The average Bonchev–Trinajstić information content (AvgIpc) is 2.47. The molecule has 0 saturated carbocycles. The molecule has 0 aliphatic carbocycles. The summed E-state index contributed by atoms with van der Waals surface area (Å²) < 4.78 is 39.0. The van der Waals surface area contributed by atoms with Crippen LogP contribution in [0.1, 0.15) is 30.2 Å². The molecule has 1 unspecified atom stereocenters. The number of aliphatic hydroxyl groups excluding tert-OH is 1. The van der Waals surface area contributed by atoms with Crippen LogP contribution in [-0.2, 0) is 0 Å². The quantitative estimate of drug-likeness (QED) is 0.885. The molecule has 2 aromatic rings. The molecule has 0 aliphatic rings. The van der Waals surface area contributed by atoms with Gasteiger partial charge in [0, 0.05) is 12.6 Å². The summed E-state index contributed by atoms with van der Waals surface area (Å²) in [6, 6.07) is 9.23. The highest BCUT2D eigenvalue weighted by Gasteiger charge is 2.13. The molecule has 0 amide bonds. The number of aliphatic hydroxyl groups is 1. The van der Waals surface area contributed by atoms with E-state index in [2.05, 4.69) is 5.32 Å². The van der Waals surface area contributed by atoms with Crippen LogP contribution in [-0.4, -0.2) is 11.7 Å². The van der Waals surface area contributed by atoms with Crippen molar-refractivity contribution in [1.29, 1.82) is 0 Å². The van der Waals surface area contributed by atoms with E-state index in [9.17, 15) is 18.3 Å². The Bertz CT molecular complexity index is 618. The molecule has 2 rings (SSSR count). The highest BCUT2D eigenvalue weighted by molar-refractivity contribution is 5.21. The van der Waals surface area contributed by atoms with Gasteiger partial charge < -0.3 is 10.4 Å². The fourth-order valence-electron chi connectivity index (χ4n) is 2.02. The number of benzene rings is 2. The lowest BCUT2D eigenvalue weighted by molar-refractivity contribution is 0.170. The second-order valence-electron chi connectivity index (χ2n) is 4.87. The zero-order chi connectivity index (χ0) is 15.4. The molecule has 2 atom stereocenters. The van der Waals surface area contributed by atoms with Gasteiger partial charge >= 0.3 is 0 Å². The van der Waals surface area contributed by atoms with Crippen LogP contribution in [0.25, 0.3) is 0 Å². The monoisotopic (exact) mass is 295 g/mol. The largest absolute Gasteiger partial charge is 0.387 e. The first-order chi connectivity index (χ1) is 9.97. The predicted octanol–water partition coefficient (Wildman–Crippen LogP) is 3.49. The van der Waals surface area contributed by atoms with Crippen LogP contribution in [0.2, 0.25) is 0 Å². The number of hydrogen-bond acceptors (Lipinski definition) is 2. The SMILES string of the molecule is C[C@@H](NCC(O)c1ccc(F)c(F)c1)c1cccc(F)c1. The Morgan fingerprint density at radius 3 is 2.43 bits per heavy atom. The third-order valence-electron chi connectivity index (χ3n) is 3.29. The topological polar surface area (TPSA) is 32.3 Å². The zero-order valence-corrected chi connectivity index (χ0v) is 11.5. The number of hydrogen-bond donors (Lipinski definition) is 2. The Kier molecular flexibility index (Phi) is 4.98. The van der Waals surface area contributed by atoms with Gasteiger partial charge in [-0.3, -0.25) is 0 Å². The lowest BCUT2D eigenvalue weighted by Gasteiger charge is -2.18. The molecule has 0 radical (unpaired) electrons. The van der Waals surface area contributed by atoms with Crippen LogP contribution in [0.15, 0.2) is 42.5 Å². The summed E-state index contributed by atoms with van der Waals surface area (Å²) in [5, 5.41) is 13.0. The van der Waals surface area contributed by atoms with Gasteiger partial charge in [-0.2, -0.15) is 0 Å². The fourth-order valence-corrected chi connectivity index (χ4v) is 2.02. The van der Waals surface area contributed by atoms with Gasteiger partial charge in [0.05, 0.1) is 6.10 Å². The van der Waals surface area contributed by atoms with Gasteiger partial charge in [-0.05, 0) is 42.3 Å². The summed E-state index contributed by atoms with van der Waals surface area (Å²) in [6.45, 7) is 1.97. The lowest BCUT2D eigenvalue weighted by atomic mass is 10.1. The molecule has 5 heteroatoms. The Labute approximate surface area is 121 Å². The normalized spacial score (nSPS) is 14.0. The van der Waals surface area contributed by atoms with Gasteiger partial charge in [-0.25, -0.2) is 13.2 Å². The molecule has 0 aromatic heterocycles. The minimum atomic E-state index is -0.996. The van der Waals surface area contributed by atoms with E-state index in [1.807, 2.05) is 6.92 Å². The van der Waals surface area contributed by atoms with E-state index in [0.717, 1.165) is 17.7 Å². The second kappa shape index (κ2) is 6.74. The molecule has 2 nitrogen and oxygen atoms in total. The lowest BCUT2D eigenvalue weighted by Crippen LogP contribution is -2.24. The molecule has 0 bridgehead atoms. The summed E-state index contributed by atoms with van der Waals surface area (Å²) in [4.78, 5) is 0. The Balaban J connectivity index is 1.97. The third-order valence-corrected chi connectivity index (χ3v) is 3.29. The maximum Gasteiger partial charge on any atom is 0.159 e. The fraction of sp³-hybridized carbons (Fsp3) is 0.250. The molecule has 0 spiro atoms. The van der Waals surface area contributed by atoms with E-state index >= 15 is 0 Å². The van der Waals surface area contributed by atoms with Gasteiger partial charge in [-0.15, -0.1) is 0 Å². The van der Waals surface area contributed by atoms with Crippen LogP contribution in [0, 0.1) is 17.5 Å². The highest BCUT2D eigenvalue weighted by Crippen LogP contribution is 2.18. The van der Waals surface area contributed by atoms with Crippen molar-refractivity contribution in [3.63, 3.8) is 0 Å². The third kappa shape index (κ3) is 4.06. The van der Waals surface area contributed by atoms with Gasteiger partial charge in [0.1, 0.15) is 5.82 Å². The van der Waals surface area contributed by atoms with Crippen molar-refractivity contribution in [3.8, 4) is 0 Å². The summed E-state index contributed by atoms with van der Waals surface area (Å²) in [6.07, 6.45) is -0.976. The summed E-state index contributed by atoms with van der Waals surface area (Å²) in [5.74, 6) is -2.28. The molecule has 0 fully saturated rings. The minimum absolute atomic E-state index is 0.142. The molecular formula is C16H16F3NO. The van der Waals surface area contributed by atoms with Crippen molar-refractivity contribution in [1.82, 2.24) is 5.32 Å². The molecule has 21 heavy (non-hydrogen) atoms. The molecule has 112 valence electrons. The minimum Gasteiger partial charge on any atom is -0.387 e. The van der Waals surface area contributed by atoms with Gasteiger partial charge in [0.2, 0.25) is 0 Å². The molecule has 2 N–H and O–H groups in total. The van der Waals surface area contributed by atoms with Crippen molar-refractivity contribution < 1.29 is 18.3 Å². The van der Waals surface area contributed by atoms with Crippen molar-refractivity contribution in [2.75, 3.05) is 6.54 Å². The molecule has 2 aromatic carbocycles. The van der Waals surface area contributed by atoms with E-state index in [0.29, 0.717) is 0 Å².